The zero-order chi connectivity index (χ0) is 37.5. The molecule has 13 heteroatoms. The van der Waals surface area contributed by atoms with Crippen molar-refractivity contribution in [3.63, 3.8) is 0 Å². The first-order chi connectivity index (χ1) is 24.6. The number of piperidine rings is 1. The van der Waals surface area contributed by atoms with Gasteiger partial charge in [-0.2, -0.15) is 0 Å². The Morgan fingerprint density at radius 1 is 0.827 bits per heavy atom. The van der Waals surface area contributed by atoms with E-state index < -0.39 is 67.8 Å². The Balaban J connectivity index is 1.24. The largest absolute Gasteiger partial charge is 0.347 e. The van der Waals surface area contributed by atoms with Crippen molar-refractivity contribution in [2.45, 2.75) is 178 Å². The minimum atomic E-state index is -3.39. The molecule has 52 heavy (non-hydrogen) atoms. The molecule has 6 rings (SSSR count). The third-order valence-corrected chi connectivity index (χ3v) is 16.3. The summed E-state index contributed by atoms with van der Waals surface area (Å²) in [5.74, 6) is -1.96. The van der Waals surface area contributed by atoms with Crippen LogP contribution in [0.2, 0.25) is 0 Å². The lowest BCUT2D eigenvalue weighted by molar-refractivity contribution is -0.146. The molecule has 0 unspecified atom stereocenters. The molecule has 12 nitrogen and oxygen atoms in total. The average molecular weight is 746 g/mol. The maximum Gasteiger partial charge on any atom is 0.315 e. The number of fused-ring (bicyclic) bond motifs is 1. The van der Waals surface area contributed by atoms with E-state index in [1.807, 2.05) is 13.8 Å². The number of unbranched alkanes of at least 4 members (excludes halogenated alkanes) is 1. The number of hydrogen-bond acceptors (Lipinski definition) is 7. The van der Waals surface area contributed by atoms with Crippen LogP contribution in [0.1, 0.15) is 143 Å². The second-order valence-electron chi connectivity index (χ2n) is 18.0. The molecule has 5 amide bonds. The number of amides is 5. The standard InChI is InChI=1S/C39H63N5O7S/c1-5-6-15-27(31(45)34(47)40-25-17-18-25)41-33(46)30-29-26(37(29,2)3)24-44(30)35(48)32(38(4)19-10-7-11-20-38)42-36(49)43-39(21-12-8-13-22-39)28-16-9-14-23-52(28,50)51/h25-30,32H,5-24H2,1-4H3,(H,40,47)(H,41,46)(H2,42,43,49)/t26-,27+,28-,29-,30+,32-/m1/s1. The molecule has 2 saturated heterocycles. The highest BCUT2D eigenvalue weighted by molar-refractivity contribution is 7.92. The van der Waals surface area contributed by atoms with Gasteiger partial charge in [0.05, 0.1) is 22.6 Å². The quantitative estimate of drug-likeness (QED) is 0.204. The number of Topliss-reactive ketones (excluding diaryl/α,β-unsaturated/α-hetero) is 1. The van der Waals surface area contributed by atoms with Crippen LogP contribution < -0.4 is 21.3 Å². The molecule has 0 bridgehead atoms. The van der Waals surface area contributed by atoms with Crippen molar-refractivity contribution in [1.29, 1.82) is 0 Å². The summed E-state index contributed by atoms with van der Waals surface area (Å²) in [6.45, 7) is 8.60. The van der Waals surface area contributed by atoms with E-state index in [-0.39, 0.29) is 35.0 Å². The summed E-state index contributed by atoms with van der Waals surface area (Å²) in [6, 6.07) is -3.26. The molecule has 4 aliphatic carbocycles. The SMILES string of the molecule is CCCC[C@H](NC(=O)[C@@H]1[C@H]2[C@@H](CN1C(=O)[C@@H](NC(=O)NC1([C@H]3CCCCS3(=O)=O)CCCCC1)C1(C)CCCCC1)C2(C)C)C(=O)C(=O)NC1CC1. The van der Waals surface area contributed by atoms with Crippen molar-refractivity contribution in [3.8, 4) is 0 Å². The van der Waals surface area contributed by atoms with Crippen LogP contribution in [0.3, 0.4) is 0 Å². The van der Waals surface area contributed by atoms with Crippen molar-refractivity contribution in [2.75, 3.05) is 12.3 Å². The Labute approximate surface area is 310 Å². The van der Waals surface area contributed by atoms with Crippen LogP contribution >= 0.6 is 0 Å². The second kappa shape index (κ2) is 15.2. The summed E-state index contributed by atoms with van der Waals surface area (Å²) in [5, 5.41) is 11.3. The first kappa shape index (κ1) is 39.0. The molecule has 4 N–H and O–H groups in total. The normalized spacial score (nSPS) is 30.9. The lowest BCUT2D eigenvalue weighted by Crippen LogP contribution is -2.66. The summed E-state index contributed by atoms with van der Waals surface area (Å²) >= 11 is 0. The highest BCUT2D eigenvalue weighted by Gasteiger charge is 2.70. The zero-order valence-electron chi connectivity index (χ0n) is 31.9. The number of hydrogen-bond donors (Lipinski definition) is 4. The minimum absolute atomic E-state index is 0.0118. The van der Waals surface area contributed by atoms with Gasteiger partial charge in [0, 0.05) is 12.6 Å². The predicted octanol–water partition coefficient (Wildman–Crippen LogP) is 4.30. The number of carbonyl (C=O) groups is 5. The molecule has 0 spiro atoms. The molecule has 2 aliphatic heterocycles. The fraction of sp³-hybridized carbons (Fsp3) is 0.872. The van der Waals surface area contributed by atoms with Gasteiger partial charge >= 0.3 is 6.03 Å². The van der Waals surface area contributed by atoms with E-state index in [9.17, 15) is 32.4 Å². The lowest BCUT2D eigenvalue weighted by atomic mass is 9.70. The topological polar surface area (TPSA) is 171 Å². The first-order valence-electron chi connectivity index (χ1n) is 20.4. The van der Waals surface area contributed by atoms with E-state index in [2.05, 4.69) is 35.1 Å². The highest BCUT2D eigenvalue weighted by atomic mass is 32.2. The summed E-state index contributed by atoms with van der Waals surface area (Å²) in [5.41, 5.74) is -1.62. The maximum atomic E-state index is 15.0. The molecule has 0 aromatic heterocycles. The van der Waals surface area contributed by atoms with Gasteiger partial charge in [0.25, 0.3) is 5.91 Å². The van der Waals surface area contributed by atoms with Crippen LogP contribution in [0.25, 0.3) is 0 Å². The van der Waals surface area contributed by atoms with Crippen molar-refractivity contribution < 1.29 is 32.4 Å². The Kier molecular flexibility index (Phi) is 11.4. The van der Waals surface area contributed by atoms with Gasteiger partial charge in [0.2, 0.25) is 17.6 Å². The van der Waals surface area contributed by atoms with Crippen molar-refractivity contribution in [1.82, 2.24) is 26.2 Å². The Morgan fingerprint density at radius 2 is 1.48 bits per heavy atom. The number of nitrogens with one attached hydrogen (secondary N) is 4. The van der Waals surface area contributed by atoms with E-state index in [1.165, 1.54) is 0 Å². The van der Waals surface area contributed by atoms with Crippen molar-refractivity contribution >= 4 is 39.4 Å². The van der Waals surface area contributed by atoms with Gasteiger partial charge in [-0.1, -0.05) is 85.5 Å². The highest BCUT2D eigenvalue weighted by Crippen LogP contribution is 2.65. The fourth-order valence-corrected chi connectivity index (χ4v) is 12.8. The van der Waals surface area contributed by atoms with Gasteiger partial charge in [-0.25, -0.2) is 13.2 Å². The molecule has 4 saturated carbocycles. The number of nitrogens with zero attached hydrogens (tertiary/aromatic N) is 1. The van der Waals surface area contributed by atoms with E-state index in [0.29, 0.717) is 45.1 Å². The molecule has 292 valence electrons. The van der Waals surface area contributed by atoms with Crippen LogP contribution in [-0.4, -0.2) is 90.1 Å². The van der Waals surface area contributed by atoms with Crippen LogP contribution in [0.4, 0.5) is 4.79 Å². The molecule has 0 aromatic carbocycles. The van der Waals surface area contributed by atoms with Gasteiger partial charge in [0.1, 0.15) is 12.1 Å². The van der Waals surface area contributed by atoms with Crippen LogP contribution in [0.15, 0.2) is 0 Å². The third-order valence-electron chi connectivity index (χ3n) is 13.9. The zero-order valence-corrected chi connectivity index (χ0v) is 32.7. The minimum Gasteiger partial charge on any atom is -0.347 e. The molecule has 6 aliphatic rings. The van der Waals surface area contributed by atoms with E-state index in [1.54, 1.807) is 4.90 Å². The maximum absolute atomic E-state index is 15.0. The van der Waals surface area contributed by atoms with E-state index in [4.69, 9.17) is 0 Å². The summed E-state index contributed by atoms with van der Waals surface area (Å²) in [4.78, 5) is 71.2. The summed E-state index contributed by atoms with van der Waals surface area (Å²) in [6.07, 6.45) is 13.6. The van der Waals surface area contributed by atoms with Gasteiger partial charge < -0.3 is 26.2 Å². The van der Waals surface area contributed by atoms with E-state index >= 15 is 0 Å². The summed E-state index contributed by atoms with van der Waals surface area (Å²) < 4.78 is 26.8. The van der Waals surface area contributed by atoms with Crippen molar-refractivity contribution in [3.05, 3.63) is 0 Å². The van der Waals surface area contributed by atoms with Crippen LogP contribution in [0.5, 0.6) is 0 Å². The molecular formula is C39H63N5O7S. The second-order valence-corrected chi connectivity index (χ2v) is 20.3. The first-order valence-corrected chi connectivity index (χ1v) is 22.1. The third kappa shape index (κ3) is 7.90. The molecule has 0 aromatic rings. The smallest absolute Gasteiger partial charge is 0.315 e. The number of sulfone groups is 1. The molecule has 2 heterocycles. The van der Waals surface area contributed by atoms with Gasteiger partial charge in [-0.05, 0) is 80.5 Å². The van der Waals surface area contributed by atoms with Gasteiger partial charge in [-0.3, -0.25) is 19.2 Å². The Morgan fingerprint density at radius 3 is 2.10 bits per heavy atom. The van der Waals surface area contributed by atoms with Gasteiger partial charge in [-0.15, -0.1) is 0 Å². The Hall–Kier alpha value is -2.70. The Bertz CT molecular complexity index is 1500. The lowest BCUT2D eigenvalue weighted by Gasteiger charge is -2.46. The number of likely N-dealkylation sites (tertiary alicyclic amines) is 1. The number of ketones is 1. The van der Waals surface area contributed by atoms with Crippen LogP contribution in [-0.2, 0) is 29.0 Å². The molecule has 6 fully saturated rings. The fourth-order valence-electron chi connectivity index (χ4n) is 10.4. The monoisotopic (exact) mass is 745 g/mol. The number of urea groups is 1. The molecule has 0 radical (unpaired) electrons. The molecule has 6 atom stereocenters. The van der Waals surface area contributed by atoms with Crippen molar-refractivity contribution in [2.24, 2.45) is 22.7 Å². The summed E-state index contributed by atoms with van der Waals surface area (Å²) in [7, 11) is -3.39. The number of carbonyl (C=O) groups excluding carboxylic acids is 5. The van der Waals surface area contributed by atoms with E-state index in [0.717, 1.165) is 77.0 Å². The molecular weight excluding hydrogens is 683 g/mol. The average Bonchev–Trinajstić information content (AvgIpc) is 3.96. The van der Waals surface area contributed by atoms with Crippen LogP contribution in [0, 0.1) is 22.7 Å². The predicted molar refractivity (Wildman–Crippen MR) is 198 cm³/mol. The number of rotatable bonds is 13. The van der Waals surface area contributed by atoms with Gasteiger partial charge in [0.15, 0.2) is 9.84 Å².